The Bertz CT molecular complexity index is 351. The lowest BCUT2D eigenvalue weighted by Crippen LogP contribution is -2.18. The molecule has 0 N–H and O–H groups in total. The topological polar surface area (TPSA) is 27.0 Å². The third kappa shape index (κ3) is 2.44. The molecule has 1 aromatic carbocycles. The summed E-state index contributed by atoms with van der Waals surface area (Å²) in [6, 6.07) is 5.74. The number of hydrogen-bond acceptors (Lipinski definition) is 2. The molecule has 0 radical (unpaired) electrons. The highest BCUT2D eigenvalue weighted by Crippen LogP contribution is 2.22. The standard InChI is InChI=1S/C10H10ClFN2/c1-14(2)10(6-13)7-3-8(11)5-9(12)4-7/h3-5,10H,1-2H3. The summed E-state index contributed by atoms with van der Waals surface area (Å²) < 4.78 is 13.0. The summed E-state index contributed by atoms with van der Waals surface area (Å²) >= 11 is 5.69. The van der Waals surface area contributed by atoms with Crippen LogP contribution in [0.1, 0.15) is 11.6 Å². The summed E-state index contributed by atoms with van der Waals surface area (Å²) in [7, 11) is 3.51. The summed E-state index contributed by atoms with van der Waals surface area (Å²) in [5.74, 6) is -0.422. The highest BCUT2D eigenvalue weighted by molar-refractivity contribution is 6.30. The molecule has 0 amide bonds. The molecule has 0 heterocycles. The molecular formula is C10H10ClFN2. The van der Waals surface area contributed by atoms with E-state index in [0.717, 1.165) is 0 Å². The fourth-order valence-corrected chi connectivity index (χ4v) is 1.45. The van der Waals surface area contributed by atoms with Gasteiger partial charge < -0.3 is 0 Å². The predicted molar refractivity (Wildman–Crippen MR) is 53.5 cm³/mol. The van der Waals surface area contributed by atoms with Gasteiger partial charge in [-0.3, -0.25) is 4.90 Å². The Labute approximate surface area is 87.5 Å². The lowest BCUT2D eigenvalue weighted by Gasteiger charge is -2.17. The van der Waals surface area contributed by atoms with E-state index in [-0.39, 0.29) is 0 Å². The third-order valence-corrected chi connectivity index (χ3v) is 2.06. The summed E-state index contributed by atoms with van der Waals surface area (Å²) in [6.45, 7) is 0. The van der Waals surface area contributed by atoms with Crippen LogP contribution in [0, 0.1) is 17.1 Å². The van der Waals surface area contributed by atoms with Gasteiger partial charge >= 0.3 is 0 Å². The second-order valence-electron chi connectivity index (χ2n) is 3.20. The van der Waals surface area contributed by atoms with Crippen molar-refractivity contribution in [2.24, 2.45) is 0 Å². The highest BCUT2D eigenvalue weighted by atomic mass is 35.5. The minimum absolute atomic E-state index is 0.308. The number of hydrogen-bond donors (Lipinski definition) is 0. The maximum atomic E-state index is 13.0. The minimum atomic E-state index is -0.469. The van der Waals surface area contributed by atoms with Crippen LogP contribution in [-0.4, -0.2) is 19.0 Å². The molecule has 0 spiro atoms. The van der Waals surface area contributed by atoms with E-state index in [4.69, 9.17) is 16.9 Å². The van der Waals surface area contributed by atoms with Crippen molar-refractivity contribution in [2.45, 2.75) is 6.04 Å². The molecule has 0 aliphatic rings. The lowest BCUT2D eigenvalue weighted by molar-refractivity contribution is 0.357. The molecule has 0 aliphatic carbocycles. The molecule has 0 aliphatic heterocycles. The number of halogens is 2. The van der Waals surface area contributed by atoms with Crippen molar-refractivity contribution in [2.75, 3.05) is 14.1 Å². The first kappa shape index (κ1) is 11.0. The van der Waals surface area contributed by atoms with Crippen LogP contribution >= 0.6 is 11.6 Å². The van der Waals surface area contributed by atoms with Gasteiger partial charge in [-0.15, -0.1) is 0 Å². The van der Waals surface area contributed by atoms with E-state index in [1.54, 1.807) is 25.1 Å². The van der Waals surface area contributed by atoms with Gasteiger partial charge in [-0.1, -0.05) is 11.6 Å². The molecule has 0 aromatic heterocycles. The SMILES string of the molecule is CN(C)C(C#N)c1cc(F)cc(Cl)c1. The van der Waals surface area contributed by atoms with Crippen LogP contribution in [0.2, 0.25) is 5.02 Å². The highest BCUT2D eigenvalue weighted by Gasteiger charge is 2.14. The number of nitrogens with zero attached hydrogens (tertiary/aromatic N) is 2. The van der Waals surface area contributed by atoms with E-state index in [9.17, 15) is 4.39 Å². The molecule has 1 unspecified atom stereocenters. The fourth-order valence-electron chi connectivity index (χ4n) is 1.22. The smallest absolute Gasteiger partial charge is 0.125 e. The van der Waals surface area contributed by atoms with Gasteiger partial charge in [0.15, 0.2) is 0 Å². The summed E-state index contributed by atoms with van der Waals surface area (Å²) in [4.78, 5) is 1.70. The Morgan fingerprint density at radius 1 is 1.43 bits per heavy atom. The molecule has 0 bridgehead atoms. The zero-order chi connectivity index (χ0) is 10.7. The first-order chi connectivity index (χ1) is 6.54. The van der Waals surface area contributed by atoms with Crippen LogP contribution in [0.25, 0.3) is 0 Å². The number of benzene rings is 1. The van der Waals surface area contributed by atoms with Gasteiger partial charge in [0, 0.05) is 5.02 Å². The van der Waals surface area contributed by atoms with E-state index in [2.05, 4.69) is 6.07 Å². The molecule has 0 saturated heterocycles. The van der Waals surface area contributed by atoms with Crippen LogP contribution in [0.5, 0.6) is 0 Å². The van der Waals surface area contributed by atoms with Gasteiger partial charge in [0.05, 0.1) is 6.07 Å². The van der Waals surface area contributed by atoms with Gasteiger partial charge in [0.2, 0.25) is 0 Å². The van der Waals surface area contributed by atoms with Gasteiger partial charge in [-0.05, 0) is 37.9 Å². The summed E-state index contributed by atoms with van der Waals surface area (Å²) in [5, 5.41) is 9.18. The first-order valence-corrected chi connectivity index (χ1v) is 4.44. The molecule has 1 aromatic rings. The number of rotatable bonds is 2. The van der Waals surface area contributed by atoms with Crippen LogP contribution in [0.4, 0.5) is 4.39 Å². The van der Waals surface area contributed by atoms with Crippen molar-refractivity contribution in [3.05, 3.63) is 34.6 Å². The Balaban J connectivity index is 3.12. The second kappa shape index (κ2) is 4.41. The zero-order valence-electron chi connectivity index (χ0n) is 7.96. The van der Waals surface area contributed by atoms with Crippen molar-refractivity contribution >= 4 is 11.6 Å². The van der Waals surface area contributed by atoms with Crippen molar-refractivity contribution < 1.29 is 4.39 Å². The molecule has 2 nitrogen and oxygen atoms in total. The predicted octanol–water partition coefficient (Wildman–Crippen LogP) is 2.61. The molecule has 1 rings (SSSR count). The Kier molecular flexibility index (Phi) is 3.45. The van der Waals surface area contributed by atoms with Crippen LogP contribution < -0.4 is 0 Å². The van der Waals surface area contributed by atoms with Crippen molar-refractivity contribution in [1.29, 1.82) is 5.26 Å². The van der Waals surface area contributed by atoms with Crippen molar-refractivity contribution in [3.63, 3.8) is 0 Å². The molecule has 14 heavy (non-hydrogen) atoms. The normalized spacial score (nSPS) is 12.6. The van der Waals surface area contributed by atoms with Crippen LogP contribution in [-0.2, 0) is 0 Å². The van der Waals surface area contributed by atoms with Gasteiger partial charge in [0.1, 0.15) is 11.9 Å². The monoisotopic (exact) mass is 212 g/mol. The molecule has 1 atom stereocenters. The van der Waals surface area contributed by atoms with Crippen molar-refractivity contribution in [1.82, 2.24) is 4.90 Å². The Hall–Kier alpha value is -1.11. The molecular weight excluding hydrogens is 203 g/mol. The Morgan fingerprint density at radius 3 is 2.50 bits per heavy atom. The molecule has 74 valence electrons. The molecule has 4 heteroatoms. The summed E-state index contributed by atoms with van der Waals surface area (Å²) in [5.41, 5.74) is 0.572. The quantitative estimate of drug-likeness (QED) is 0.754. The van der Waals surface area contributed by atoms with Crippen LogP contribution in [0.15, 0.2) is 18.2 Å². The Morgan fingerprint density at radius 2 is 2.07 bits per heavy atom. The maximum absolute atomic E-state index is 13.0. The van der Waals surface area contributed by atoms with Gasteiger partial charge in [-0.2, -0.15) is 5.26 Å². The fraction of sp³-hybridized carbons (Fsp3) is 0.300. The first-order valence-electron chi connectivity index (χ1n) is 4.06. The molecule has 0 saturated carbocycles. The molecule has 0 fully saturated rings. The summed E-state index contributed by atoms with van der Waals surface area (Å²) in [6.07, 6.45) is 0. The van der Waals surface area contributed by atoms with Crippen molar-refractivity contribution in [3.8, 4) is 6.07 Å². The largest absolute Gasteiger partial charge is 0.291 e. The van der Waals surface area contributed by atoms with E-state index < -0.39 is 11.9 Å². The van der Waals surface area contributed by atoms with Gasteiger partial charge in [0.25, 0.3) is 0 Å². The van der Waals surface area contributed by atoms with E-state index in [1.165, 1.54) is 12.1 Å². The zero-order valence-corrected chi connectivity index (χ0v) is 8.72. The van der Waals surface area contributed by atoms with E-state index >= 15 is 0 Å². The average molecular weight is 213 g/mol. The minimum Gasteiger partial charge on any atom is -0.291 e. The van der Waals surface area contributed by atoms with Crippen LogP contribution in [0.3, 0.4) is 0 Å². The van der Waals surface area contributed by atoms with E-state index in [1.807, 2.05) is 0 Å². The number of nitriles is 1. The third-order valence-electron chi connectivity index (χ3n) is 1.84. The average Bonchev–Trinajstić information content (AvgIpc) is 2.02. The maximum Gasteiger partial charge on any atom is 0.125 e. The van der Waals surface area contributed by atoms with E-state index in [0.29, 0.717) is 10.6 Å². The second-order valence-corrected chi connectivity index (χ2v) is 3.63. The van der Waals surface area contributed by atoms with Gasteiger partial charge in [-0.25, -0.2) is 4.39 Å². The lowest BCUT2D eigenvalue weighted by atomic mass is 10.1.